The summed E-state index contributed by atoms with van der Waals surface area (Å²) in [5.74, 6) is 0.146. The van der Waals surface area contributed by atoms with Crippen LogP contribution in [0.3, 0.4) is 0 Å². The Balaban J connectivity index is 0.00000200. The van der Waals surface area contributed by atoms with Crippen molar-refractivity contribution in [1.29, 1.82) is 0 Å². The number of nitrogens with zero attached hydrogens (tertiary/aromatic N) is 1. The van der Waals surface area contributed by atoms with Crippen LogP contribution in [0.25, 0.3) is 0 Å². The molecule has 3 atom stereocenters. The minimum atomic E-state index is -0.374. The Hall–Kier alpha value is -0.360. The number of likely N-dealkylation sites (tertiary alicyclic amines) is 1. The molecule has 3 unspecified atom stereocenters. The molecule has 2 heterocycles. The molecule has 20 heavy (non-hydrogen) atoms. The van der Waals surface area contributed by atoms with Gasteiger partial charge in [-0.1, -0.05) is 6.92 Å². The quantitative estimate of drug-likeness (QED) is 0.811. The number of aliphatic hydroxyl groups is 1. The molecule has 1 amide bonds. The van der Waals surface area contributed by atoms with Gasteiger partial charge in [0.1, 0.15) is 0 Å². The molecule has 0 bridgehead atoms. The summed E-state index contributed by atoms with van der Waals surface area (Å²) in [7, 11) is 0. The molecule has 6 heteroatoms. The predicted molar refractivity (Wildman–Crippen MR) is 80.1 cm³/mol. The summed E-state index contributed by atoms with van der Waals surface area (Å²) >= 11 is 0. The van der Waals surface area contributed by atoms with Crippen molar-refractivity contribution in [2.45, 2.75) is 57.3 Å². The van der Waals surface area contributed by atoms with Gasteiger partial charge in [-0.2, -0.15) is 0 Å². The molecule has 0 aromatic heterocycles. The topological polar surface area (TPSA) is 61.8 Å². The van der Waals surface area contributed by atoms with E-state index >= 15 is 0 Å². The van der Waals surface area contributed by atoms with Gasteiger partial charge in [0.15, 0.2) is 0 Å². The number of rotatable bonds is 4. The second kappa shape index (κ2) is 8.82. The molecular weight excluding hydrogens is 280 g/mol. The highest BCUT2D eigenvalue weighted by Crippen LogP contribution is 2.17. The lowest BCUT2D eigenvalue weighted by molar-refractivity contribution is -0.133. The maximum Gasteiger partial charge on any atom is 0.239 e. The number of carbonyl (C=O) groups excluding carboxylic acids is 1. The average Bonchev–Trinajstić information content (AvgIpc) is 2.71. The van der Waals surface area contributed by atoms with E-state index in [1.165, 1.54) is 0 Å². The van der Waals surface area contributed by atoms with E-state index in [2.05, 4.69) is 12.2 Å². The Bertz CT molecular complexity index is 304. The second-order valence-corrected chi connectivity index (χ2v) is 5.60. The second-order valence-electron chi connectivity index (χ2n) is 5.60. The smallest absolute Gasteiger partial charge is 0.239 e. The van der Waals surface area contributed by atoms with E-state index in [0.717, 1.165) is 45.4 Å². The van der Waals surface area contributed by atoms with Gasteiger partial charge < -0.3 is 20.1 Å². The van der Waals surface area contributed by atoms with Gasteiger partial charge >= 0.3 is 0 Å². The third-order valence-electron chi connectivity index (χ3n) is 3.95. The molecule has 2 saturated heterocycles. The first kappa shape index (κ1) is 17.7. The summed E-state index contributed by atoms with van der Waals surface area (Å²) < 4.78 is 5.79. The lowest BCUT2D eigenvalue weighted by Gasteiger charge is -2.24. The van der Waals surface area contributed by atoms with Crippen LogP contribution >= 0.6 is 12.4 Å². The standard InChI is InChI=1S/C14H26N2O3.ClH/c1-2-8-19-12-4-3-6-16(7-5-12)14(18)13-9-11(17)10-15-13;/h11-13,15,17H,2-10H2,1H3;1H. The van der Waals surface area contributed by atoms with Gasteiger partial charge in [0, 0.05) is 26.2 Å². The summed E-state index contributed by atoms with van der Waals surface area (Å²) in [5.41, 5.74) is 0. The summed E-state index contributed by atoms with van der Waals surface area (Å²) in [6.07, 6.45) is 4.51. The number of β-amino-alcohol motifs (C(OH)–C–C–N with tert-alkyl or cyclic N) is 1. The summed E-state index contributed by atoms with van der Waals surface area (Å²) in [6, 6.07) is -0.192. The number of hydrogen-bond donors (Lipinski definition) is 2. The van der Waals surface area contributed by atoms with E-state index in [9.17, 15) is 9.90 Å². The van der Waals surface area contributed by atoms with Crippen LogP contribution in [0.1, 0.15) is 39.0 Å². The lowest BCUT2D eigenvalue weighted by Crippen LogP contribution is -2.44. The molecule has 2 rings (SSSR count). The molecule has 0 saturated carbocycles. The molecule has 0 aliphatic carbocycles. The lowest BCUT2D eigenvalue weighted by atomic mass is 10.1. The van der Waals surface area contributed by atoms with Crippen molar-refractivity contribution >= 4 is 18.3 Å². The van der Waals surface area contributed by atoms with Crippen molar-refractivity contribution in [2.24, 2.45) is 0 Å². The fourth-order valence-electron chi connectivity index (χ4n) is 2.86. The molecule has 0 aromatic carbocycles. The average molecular weight is 307 g/mol. The van der Waals surface area contributed by atoms with E-state index in [-0.39, 0.29) is 30.5 Å². The Kier molecular flexibility index (Phi) is 7.80. The zero-order valence-corrected chi connectivity index (χ0v) is 13.0. The minimum absolute atomic E-state index is 0. The van der Waals surface area contributed by atoms with Crippen LogP contribution in [0.15, 0.2) is 0 Å². The third-order valence-corrected chi connectivity index (χ3v) is 3.95. The molecule has 5 nitrogen and oxygen atoms in total. The van der Waals surface area contributed by atoms with Gasteiger partial charge in [0.2, 0.25) is 5.91 Å². The van der Waals surface area contributed by atoms with Crippen LogP contribution in [0.2, 0.25) is 0 Å². The van der Waals surface area contributed by atoms with Gasteiger partial charge in [-0.15, -0.1) is 12.4 Å². The highest BCUT2D eigenvalue weighted by Gasteiger charge is 2.32. The predicted octanol–water partition coefficient (Wildman–Crippen LogP) is 0.939. The summed E-state index contributed by atoms with van der Waals surface area (Å²) in [5, 5.41) is 12.6. The zero-order chi connectivity index (χ0) is 13.7. The van der Waals surface area contributed by atoms with Crippen molar-refractivity contribution in [2.75, 3.05) is 26.2 Å². The van der Waals surface area contributed by atoms with Crippen LogP contribution < -0.4 is 5.32 Å². The molecule has 0 aromatic rings. The first-order valence-electron chi connectivity index (χ1n) is 7.52. The van der Waals surface area contributed by atoms with Crippen LogP contribution in [-0.4, -0.2) is 60.4 Å². The Morgan fingerprint density at radius 1 is 1.40 bits per heavy atom. The molecular formula is C14H27ClN2O3. The van der Waals surface area contributed by atoms with E-state index in [4.69, 9.17) is 4.74 Å². The van der Waals surface area contributed by atoms with Crippen LogP contribution in [0.5, 0.6) is 0 Å². The van der Waals surface area contributed by atoms with Crippen LogP contribution in [0, 0.1) is 0 Å². The van der Waals surface area contributed by atoms with Gasteiger partial charge in [-0.3, -0.25) is 4.79 Å². The minimum Gasteiger partial charge on any atom is -0.392 e. The Morgan fingerprint density at radius 3 is 2.85 bits per heavy atom. The first-order valence-corrected chi connectivity index (χ1v) is 7.52. The number of amides is 1. The number of carbonyl (C=O) groups is 1. The maximum atomic E-state index is 12.3. The molecule has 0 radical (unpaired) electrons. The molecule has 2 fully saturated rings. The SMILES string of the molecule is CCCOC1CCCN(C(=O)C2CC(O)CN2)CC1.Cl. The Morgan fingerprint density at radius 2 is 2.20 bits per heavy atom. The van der Waals surface area contributed by atoms with E-state index in [0.29, 0.717) is 19.1 Å². The highest BCUT2D eigenvalue weighted by molar-refractivity contribution is 5.85. The van der Waals surface area contributed by atoms with Crippen molar-refractivity contribution in [1.82, 2.24) is 10.2 Å². The van der Waals surface area contributed by atoms with Crippen LogP contribution in [-0.2, 0) is 9.53 Å². The number of hydrogen-bond acceptors (Lipinski definition) is 4. The summed E-state index contributed by atoms with van der Waals surface area (Å²) in [4.78, 5) is 14.3. The van der Waals surface area contributed by atoms with Gasteiger partial charge in [0.25, 0.3) is 0 Å². The first-order chi connectivity index (χ1) is 9.20. The van der Waals surface area contributed by atoms with Crippen molar-refractivity contribution < 1.29 is 14.6 Å². The number of aliphatic hydroxyl groups excluding tert-OH is 1. The van der Waals surface area contributed by atoms with Gasteiger partial charge in [-0.25, -0.2) is 0 Å². The molecule has 118 valence electrons. The summed E-state index contributed by atoms with van der Waals surface area (Å²) in [6.45, 7) is 5.06. The monoisotopic (exact) mass is 306 g/mol. The number of nitrogens with one attached hydrogen (secondary N) is 1. The van der Waals surface area contributed by atoms with E-state index in [1.54, 1.807) is 0 Å². The van der Waals surface area contributed by atoms with Crippen LogP contribution in [0.4, 0.5) is 0 Å². The normalized spacial score (nSPS) is 30.7. The van der Waals surface area contributed by atoms with Crippen molar-refractivity contribution in [3.8, 4) is 0 Å². The van der Waals surface area contributed by atoms with Crippen molar-refractivity contribution in [3.63, 3.8) is 0 Å². The molecule has 0 spiro atoms. The largest absolute Gasteiger partial charge is 0.392 e. The third kappa shape index (κ3) is 4.88. The molecule has 2 aliphatic heterocycles. The van der Waals surface area contributed by atoms with E-state index in [1.807, 2.05) is 4.90 Å². The van der Waals surface area contributed by atoms with Gasteiger partial charge in [-0.05, 0) is 32.1 Å². The number of ether oxygens (including phenoxy) is 1. The fourth-order valence-corrected chi connectivity index (χ4v) is 2.86. The zero-order valence-electron chi connectivity index (χ0n) is 12.2. The van der Waals surface area contributed by atoms with Gasteiger partial charge in [0.05, 0.1) is 18.2 Å². The highest BCUT2D eigenvalue weighted by atomic mass is 35.5. The maximum absolute atomic E-state index is 12.3. The number of halogens is 1. The fraction of sp³-hybridized carbons (Fsp3) is 0.929. The van der Waals surface area contributed by atoms with Crippen molar-refractivity contribution in [3.05, 3.63) is 0 Å². The molecule has 2 aliphatic rings. The Labute approximate surface area is 127 Å². The van der Waals surface area contributed by atoms with E-state index < -0.39 is 0 Å². The molecule has 2 N–H and O–H groups in total.